The van der Waals surface area contributed by atoms with Crippen LogP contribution in [-0.2, 0) is 65.4 Å². The van der Waals surface area contributed by atoms with Crippen LogP contribution in [0, 0.1) is 11.8 Å². The van der Waals surface area contributed by atoms with Crippen LogP contribution < -0.4 is 0 Å². The van der Waals surface area contributed by atoms with E-state index in [-0.39, 0.29) is 25.7 Å². The zero-order valence-corrected chi connectivity index (χ0v) is 66.6. The lowest BCUT2D eigenvalue weighted by molar-refractivity contribution is -0.161. The quantitative estimate of drug-likeness (QED) is 0.0222. The molecule has 0 bridgehead atoms. The third-order valence-corrected chi connectivity index (χ3v) is 21.0. The van der Waals surface area contributed by atoms with E-state index < -0.39 is 97.5 Å². The van der Waals surface area contributed by atoms with E-state index in [1.54, 1.807) is 0 Å². The number of hydrogen-bond donors (Lipinski definition) is 3. The first-order valence-corrected chi connectivity index (χ1v) is 44.5. The summed E-state index contributed by atoms with van der Waals surface area (Å²) in [6, 6.07) is 0. The number of carbonyl (C=O) groups excluding carboxylic acids is 4. The van der Waals surface area contributed by atoms with E-state index in [4.69, 9.17) is 37.0 Å². The van der Waals surface area contributed by atoms with Crippen LogP contribution in [0.3, 0.4) is 0 Å². The molecule has 3 unspecified atom stereocenters. The van der Waals surface area contributed by atoms with E-state index in [1.807, 2.05) is 0 Å². The molecule has 0 rings (SSSR count). The average molecular weight is 1450 g/mol. The van der Waals surface area contributed by atoms with Gasteiger partial charge in [0.15, 0.2) is 12.2 Å². The summed E-state index contributed by atoms with van der Waals surface area (Å²) in [7, 11) is -9.92. The molecule has 0 aromatic heterocycles. The van der Waals surface area contributed by atoms with Gasteiger partial charge in [0, 0.05) is 25.7 Å². The van der Waals surface area contributed by atoms with Gasteiger partial charge in [0.25, 0.3) is 0 Å². The Morgan fingerprint density at radius 2 is 0.515 bits per heavy atom. The summed E-state index contributed by atoms with van der Waals surface area (Å²) in [6.07, 6.45) is 60.8. The lowest BCUT2D eigenvalue weighted by atomic mass is 9.99. The minimum atomic E-state index is -4.96. The smallest absolute Gasteiger partial charge is 0.462 e. The van der Waals surface area contributed by atoms with Crippen molar-refractivity contribution >= 4 is 39.5 Å². The number of ether oxygens (including phenoxy) is 4. The van der Waals surface area contributed by atoms with E-state index in [1.165, 1.54) is 238 Å². The SMILES string of the molecule is CCCCCCCCCCCCCCCCCCC(=O)OC[C@H](COP(=O)(O)OC[C@@H](O)COP(=O)(O)OC[C@@H](COC(=O)CCCCCCCCCCCCC)OC(=O)CCCCCCCCCCCCC(C)CC)OC(=O)CCCCCCCCCCCCCCCCCC(C)C. The molecular weight excluding hydrogens is 1290 g/mol. The molecule has 0 spiro atoms. The van der Waals surface area contributed by atoms with Gasteiger partial charge in [-0.3, -0.25) is 37.3 Å². The van der Waals surface area contributed by atoms with Crippen LogP contribution in [-0.4, -0.2) is 96.7 Å². The number of phosphoric acid groups is 2. The zero-order chi connectivity index (χ0) is 72.8. The minimum Gasteiger partial charge on any atom is -0.462 e. The van der Waals surface area contributed by atoms with Crippen molar-refractivity contribution in [3.8, 4) is 0 Å². The van der Waals surface area contributed by atoms with Crippen LogP contribution >= 0.6 is 15.6 Å². The number of aliphatic hydroxyl groups excluding tert-OH is 1. The molecule has 19 heteroatoms. The van der Waals surface area contributed by atoms with Gasteiger partial charge in [-0.25, -0.2) is 9.13 Å². The molecule has 99 heavy (non-hydrogen) atoms. The van der Waals surface area contributed by atoms with Crippen LogP contribution in [0.15, 0.2) is 0 Å². The van der Waals surface area contributed by atoms with Gasteiger partial charge in [0.2, 0.25) is 0 Å². The predicted octanol–water partition coefficient (Wildman–Crippen LogP) is 23.9. The lowest BCUT2D eigenvalue weighted by Gasteiger charge is -2.21. The fourth-order valence-corrected chi connectivity index (χ4v) is 13.9. The predicted molar refractivity (Wildman–Crippen MR) is 405 cm³/mol. The summed E-state index contributed by atoms with van der Waals surface area (Å²) in [6.45, 7) is 9.68. The standard InChI is InChI=1S/C80H156O17P2/c1-7-10-12-14-16-18-20-21-22-25-28-32-39-45-51-57-63-78(83)91-69-75(96-79(84)64-58-52-46-40-33-29-26-23-24-27-31-36-42-48-54-60-72(4)5)70-94-98(86,87)92-66-74(81)67-93-99(88,89)95-71-76(68-90-77(82)62-56-50-44-38-30-19-17-15-13-11-8-2)97-80(85)65-59-53-47-41-35-34-37-43-49-55-61-73(6)9-3/h72-76,81H,7-71H2,1-6H3,(H,86,87)(H,88,89)/t73?,74-,75-,76-/m1/s1. The first-order valence-electron chi connectivity index (χ1n) is 41.5. The molecule has 17 nitrogen and oxygen atoms in total. The lowest BCUT2D eigenvalue weighted by Crippen LogP contribution is -2.30. The van der Waals surface area contributed by atoms with Gasteiger partial charge >= 0.3 is 39.5 Å². The number of rotatable bonds is 79. The summed E-state index contributed by atoms with van der Waals surface area (Å²) in [5, 5.41) is 10.6. The Morgan fingerprint density at radius 3 is 0.768 bits per heavy atom. The molecule has 588 valence electrons. The Kier molecular flexibility index (Phi) is 70.3. The molecule has 0 radical (unpaired) electrons. The fourth-order valence-electron chi connectivity index (χ4n) is 12.3. The maximum absolute atomic E-state index is 13.1. The molecule has 0 aromatic rings. The third kappa shape index (κ3) is 72.8. The average Bonchev–Trinajstić information content (AvgIpc) is 1.56. The van der Waals surface area contributed by atoms with Crippen LogP contribution in [0.2, 0.25) is 0 Å². The van der Waals surface area contributed by atoms with Crippen LogP contribution in [0.4, 0.5) is 0 Å². The van der Waals surface area contributed by atoms with Crippen molar-refractivity contribution in [3.05, 3.63) is 0 Å². The summed E-state index contributed by atoms with van der Waals surface area (Å²) >= 11 is 0. The van der Waals surface area contributed by atoms with Crippen molar-refractivity contribution in [3.63, 3.8) is 0 Å². The Bertz CT molecular complexity index is 1910. The molecule has 0 saturated carbocycles. The molecule has 0 heterocycles. The molecular formula is C80H156O17P2. The van der Waals surface area contributed by atoms with Crippen molar-refractivity contribution in [2.45, 2.75) is 439 Å². The van der Waals surface area contributed by atoms with E-state index in [0.717, 1.165) is 102 Å². The second kappa shape index (κ2) is 71.7. The van der Waals surface area contributed by atoms with Crippen LogP contribution in [0.25, 0.3) is 0 Å². The molecule has 0 aromatic carbocycles. The second-order valence-corrected chi connectivity index (χ2v) is 32.4. The summed E-state index contributed by atoms with van der Waals surface area (Å²) in [4.78, 5) is 73.0. The third-order valence-electron chi connectivity index (χ3n) is 19.1. The highest BCUT2D eigenvalue weighted by molar-refractivity contribution is 7.47. The fraction of sp³-hybridized carbons (Fsp3) is 0.950. The summed E-state index contributed by atoms with van der Waals surface area (Å²) in [5.74, 6) is -0.502. The number of unbranched alkanes of at least 4 members (excludes halogenated alkanes) is 48. The molecule has 0 aliphatic carbocycles. The second-order valence-electron chi connectivity index (χ2n) is 29.5. The first-order chi connectivity index (χ1) is 47.9. The van der Waals surface area contributed by atoms with Gasteiger partial charge in [0.1, 0.15) is 19.3 Å². The molecule has 0 saturated heterocycles. The molecule has 0 amide bonds. The maximum atomic E-state index is 13.1. The van der Waals surface area contributed by atoms with E-state index in [0.29, 0.717) is 25.7 Å². The zero-order valence-electron chi connectivity index (χ0n) is 64.8. The van der Waals surface area contributed by atoms with Gasteiger partial charge in [-0.2, -0.15) is 0 Å². The summed E-state index contributed by atoms with van der Waals surface area (Å²) < 4.78 is 68.7. The number of hydrogen-bond acceptors (Lipinski definition) is 15. The first kappa shape index (κ1) is 97.1. The topological polar surface area (TPSA) is 237 Å². The monoisotopic (exact) mass is 1450 g/mol. The maximum Gasteiger partial charge on any atom is 0.472 e. The van der Waals surface area contributed by atoms with Crippen molar-refractivity contribution in [1.29, 1.82) is 0 Å². The van der Waals surface area contributed by atoms with Crippen molar-refractivity contribution < 1.29 is 80.2 Å². The van der Waals surface area contributed by atoms with Crippen molar-refractivity contribution in [2.24, 2.45) is 11.8 Å². The number of phosphoric ester groups is 2. The van der Waals surface area contributed by atoms with Gasteiger partial charge in [-0.15, -0.1) is 0 Å². The Labute approximate surface area is 607 Å². The summed E-state index contributed by atoms with van der Waals surface area (Å²) in [5.41, 5.74) is 0. The highest BCUT2D eigenvalue weighted by Crippen LogP contribution is 2.45. The normalized spacial score (nSPS) is 14.2. The Balaban J connectivity index is 5.26. The number of esters is 4. The van der Waals surface area contributed by atoms with Crippen molar-refractivity contribution in [1.82, 2.24) is 0 Å². The van der Waals surface area contributed by atoms with E-state index in [9.17, 15) is 43.2 Å². The van der Waals surface area contributed by atoms with E-state index in [2.05, 4.69) is 41.5 Å². The van der Waals surface area contributed by atoms with Gasteiger partial charge < -0.3 is 33.8 Å². The number of carbonyl (C=O) groups is 4. The molecule has 3 N–H and O–H groups in total. The molecule has 0 aliphatic heterocycles. The highest BCUT2D eigenvalue weighted by atomic mass is 31.2. The van der Waals surface area contributed by atoms with Gasteiger partial charge in [0.05, 0.1) is 26.4 Å². The molecule has 6 atom stereocenters. The van der Waals surface area contributed by atoms with Gasteiger partial charge in [-0.1, -0.05) is 369 Å². The number of aliphatic hydroxyl groups is 1. The van der Waals surface area contributed by atoms with E-state index >= 15 is 0 Å². The van der Waals surface area contributed by atoms with Crippen molar-refractivity contribution in [2.75, 3.05) is 39.6 Å². The minimum absolute atomic E-state index is 0.107. The van der Waals surface area contributed by atoms with Crippen LogP contribution in [0.1, 0.15) is 420 Å². The largest absolute Gasteiger partial charge is 0.472 e. The molecule has 0 aliphatic rings. The Morgan fingerprint density at radius 1 is 0.293 bits per heavy atom. The highest BCUT2D eigenvalue weighted by Gasteiger charge is 2.30. The Hall–Kier alpha value is -1.94. The van der Waals surface area contributed by atoms with Crippen LogP contribution in [0.5, 0.6) is 0 Å². The molecule has 0 fully saturated rings. The van der Waals surface area contributed by atoms with Gasteiger partial charge in [-0.05, 0) is 37.5 Å².